The van der Waals surface area contributed by atoms with Crippen molar-refractivity contribution in [3.8, 4) is 0 Å². The van der Waals surface area contributed by atoms with Crippen molar-refractivity contribution in [1.82, 2.24) is 20.4 Å². The van der Waals surface area contributed by atoms with Crippen LogP contribution in [0.5, 0.6) is 0 Å². The highest BCUT2D eigenvalue weighted by Gasteiger charge is 2.28. The number of piperazine rings is 1. The fraction of sp³-hybridized carbons (Fsp3) is 0.733. The third kappa shape index (κ3) is 7.08. The van der Waals surface area contributed by atoms with Crippen LogP contribution in [0.2, 0.25) is 0 Å². The van der Waals surface area contributed by atoms with Gasteiger partial charge in [-0.05, 0) is 19.4 Å². The van der Waals surface area contributed by atoms with Crippen LogP contribution in [0.3, 0.4) is 0 Å². The number of hydrogen-bond donors (Lipinski definition) is 2. The molecule has 0 radical (unpaired) electrons. The molecule has 8 heteroatoms. The minimum absolute atomic E-state index is 0. The van der Waals surface area contributed by atoms with E-state index in [-0.39, 0.29) is 42.7 Å². The molecule has 134 valence electrons. The maximum Gasteiger partial charge on any atom is 0.239 e. The topological polar surface area (TPSA) is 64.7 Å². The minimum atomic E-state index is 0. The molecule has 0 bridgehead atoms. The SMILES string of the molecule is C=CCNC(=O)CN1CCN(C(=O)[C@@H]2CCCCN2)CC1.Cl.Cl. The van der Waals surface area contributed by atoms with Crippen molar-refractivity contribution in [2.45, 2.75) is 25.3 Å². The van der Waals surface area contributed by atoms with Crippen molar-refractivity contribution in [1.29, 1.82) is 0 Å². The van der Waals surface area contributed by atoms with E-state index in [2.05, 4.69) is 22.1 Å². The molecule has 0 saturated carbocycles. The van der Waals surface area contributed by atoms with Crippen molar-refractivity contribution in [3.63, 3.8) is 0 Å². The molecule has 2 rings (SSSR count). The first-order valence-corrected chi connectivity index (χ1v) is 7.83. The average Bonchev–Trinajstić information content (AvgIpc) is 2.54. The van der Waals surface area contributed by atoms with E-state index in [1.807, 2.05) is 4.90 Å². The van der Waals surface area contributed by atoms with Gasteiger partial charge in [0.25, 0.3) is 0 Å². The molecule has 2 amide bonds. The third-order valence-corrected chi connectivity index (χ3v) is 4.10. The standard InChI is InChI=1S/C15H26N4O2.2ClH/c1-2-6-17-14(20)12-18-8-10-19(11-9-18)15(21)13-5-3-4-7-16-13;;/h2,13,16H,1,3-12H2,(H,17,20);2*1H/t13-;;/m0../s1. The Morgan fingerprint density at radius 2 is 1.87 bits per heavy atom. The van der Waals surface area contributed by atoms with Gasteiger partial charge in [-0.15, -0.1) is 31.4 Å². The molecule has 2 fully saturated rings. The molecule has 23 heavy (non-hydrogen) atoms. The van der Waals surface area contributed by atoms with Gasteiger partial charge in [-0.3, -0.25) is 14.5 Å². The normalized spacial score (nSPS) is 21.6. The summed E-state index contributed by atoms with van der Waals surface area (Å²) >= 11 is 0. The van der Waals surface area contributed by atoms with Gasteiger partial charge in [-0.2, -0.15) is 0 Å². The zero-order valence-corrected chi connectivity index (χ0v) is 15.1. The number of hydrogen-bond acceptors (Lipinski definition) is 4. The largest absolute Gasteiger partial charge is 0.352 e. The van der Waals surface area contributed by atoms with Crippen molar-refractivity contribution < 1.29 is 9.59 Å². The number of piperidine rings is 1. The number of nitrogens with zero attached hydrogens (tertiary/aromatic N) is 2. The van der Waals surface area contributed by atoms with Crippen LogP contribution < -0.4 is 10.6 Å². The van der Waals surface area contributed by atoms with Crippen LogP contribution in [0.15, 0.2) is 12.7 Å². The molecule has 0 aromatic carbocycles. The predicted octanol–water partition coefficient (Wildman–Crippen LogP) is 0.419. The first kappa shape index (κ1) is 22.2. The summed E-state index contributed by atoms with van der Waals surface area (Å²) < 4.78 is 0. The second kappa shape index (κ2) is 11.7. The summed E-state index contributed by atoms with van der Waals surface area (Å²) in [6.45, 7) is 8.38. The van der Waals surface area contributed by atoms with Crippen LogP contribution in [0, 0.1) is 0 Å². The van der Waals surface area contributed by atoms with Gasteiger partial charge in [0.05, 0.1) is 12.6 Å². The van der Waals surface area contributed by atoms with Gasteiger partial charge in [-0.25, -0.2) is 0 Å². The molecule has 0 unspecified atom stereocenters. The van der Waals surface area contributed by atoms with Crippen LogP contribution in [-0.4, -0.2) is 73.5 Å². The lowest BCUT2D eigenvalue weighted by molar-refractivity contribution is -0.136. The van der Waals surface area contributed by atoms with Gasteiger partial charge in [0.2, 0.25) is 11.8 Å². The number of carbonyl (C=O) groups is 2. The Labute approximate surface area is 150 Å². The zero-order valence-electron chi connectivity index (χ0n) is 13.5. The number of rotatable bonds is 5. The molecular weight excluding hydrogens is 339 g/mol. The Bertz CT molecular complexity index is 382. The van der Waals surface area contributed by atoms with Gasteiger partial charge in [-0.1, -0.05) is 12.5 Å². The van der Waals surface area contributed by atoms with Gasteiger partial charge in [0.15, 0.2) is 0 Å². The molecule has 2 aliphatic heterocycles. The van der Waals surface area contributed by atoms with Crippen molar-refractivity contribution in [2.24, 2.45) is 0 Å². The number of nitrogens with one attached hydrogen (secondary N) is 2. The fourth-order valence-corrected chi connectivity index (χ4v) is 2.85. The molecule has 0 spiro atoms. The lowest BCUT2D eigenvalue weighted by Crippen LogP contribution is -2.56. The Morgan fingerprint density at radius 1 is 1.17 bits per heavy atom. The van der Waals surface area contributed by atoms with E-state index in [0.717, 1.165) is 38.9 Å². The van der Waals surface area contributed by atoms with Crippen molar-refractivity contribution in [3.05, 3.63) is 12.7 Å². The predicted molar refractivity (Wildman–Crippen MR) is 96.4 cm³/mol. The van der Waals surface area contributed by atoms with Crippen molar-refractivity contribution in [2.75, 3.05) is 45.8 Å². The smallest absolute Gasteiger partial charge is 0.239 e. The summed E-state index contributed by atoms with van der Waals surface area (Å²) in [5, 5.41) is 6.08. The zero-order chi connectivity index (χ0) is 15.1. The van der Waals surface area contributed by atoms with Gasteiger partial charge < -0.3 is 15.5 Å². The lowest BCUT2D eigenvalue weighted by atomic mass is 10.0. The summed E-state index contributed by atoms with van der Waals surface area (Å²) in [6, 6.07) is 0.00110. The molecular formula is C15H28Cl2N4O2. The highest BCUT2D eigenvalue weighted by atomic mass is 35.5. The van der Waals surface area contributed by atoms with Crippen LogP contribution in [-0.2, 0) is 9.59 Å². The number of halogens is 2. The molecule has 0 aromatic heterocycles. The first-order chi connectivity index (χ1) is 10.2. The second-order valence-corrected chi connectivity index (χ2v) is 5.70. The summed E-state index contributed by atoms with van der Waals surface area (Å²) in [7, 11) is 0. The third-order valence-electron chi connectivity index (χ3n) is 4.10. The van der Waals surface area contributed by atoms with Crippen LogP contribution in [0.25, 0.3) is 0 Å². The van der Waals surface area contributed by atoms with E-state index in [0.29, 0.717) is 26.2 Å². The molecule has 6 nitrogen and oxygen atoms in total. The molecule has 0 aromatic rings. The van der Waals surface area contributed by atoms with E-state index in [4.69, 9.17) is 0 Å². The average molecular weight is 367 g/mol. The summed E-state index contributed by atoms with van der Waals surface area (Å²) in [5.41, 5.74) is 0. The second-order valence-electron chi connectivity index (χ2n) is 5.70. The first-order valence-electron chi connectivity index (χ1n) is 7.83. The van der Waals surface area contributed by atoms with Crippen LogP contribution in [0.4, 0.5) is 0 Å². The maximum atomic E-state index is 12.4. The van der Waals surface area contributed by atoms with E-state index >= 15 is 0 Å². The highest BCUT2D eigenvalue weighted by Crippen LogP contribution is 2.11. The Kier molecular flexibility index (Phi) is 11.3. The lowest BCUT2D eigenvalue weighted by Gasteiger charge is -2.37. The van der Waals surface area contributed by atoms with E-state index in [1.54, 1.807) is 6.08 Å². The minimum Gasteiger partial charge on any atom is -0.352 e. The Morgan fingerprint density at radius 3 is 2.43 bits per heavy atom. The van der Waals surface area contributed by atoms with Gasteiger partial charge in [0.1, 0.15) is 0 Å². The molecule has 2 heterocycles. The van der Waals surface area contributed by atoms with Gasteiger partial charge in [0, 0.05) is 32.7 Å². The fourth-order valence-electron chi connectivity index (χ4n) is 2.85. The maximum absolute atomic E-state index is 12.4. The van der Waals surface area contributed by atoms with Crippen molar-refractivity contribution >= 4 is 36.6 Å². The summed E-state index contributed by atoms with van der Waals surface area (Å²) in [4.78, 5) is 28.0. The van der Waals surface area contributed by atoms with Gasteiger partial charge >= 0.3 is 0 Å². The van der Waals surface area contributed by atoms with E-state index in [1.165, 1.54) is 0 Å². The number of carbonyl (C=O) groups excluding carboxylic acids is 2. The summed E-state index contributed by atoms with van der Waals surface area (Å²) in [5.74, 6) is 0.245. The van der Waals surface area contributed by atoms with Crippen LogP contribution >= 0.6 is 24.8 Å². The Hall–Kier alpha value is -0.820. The van der Waals surface area contributed by atoms with E-state index < -0.39 is 0 Å². The molecule has 2 saturated heterocycles. The molecule has 2 N–H and O–H groups in total. The Balaban J connectivity index is 0.00000242. The molecule has 0 aliphatic carbocycles. The monoisotopic (exact) mass is 366 g/mol. The highest BCUT2D eigenvalue weighted by molar-refractivity contribution is 5.85. The van der Waals surface area contributed by atoms with E-state index in [9.17, 15) is 9.59 Å². The summed E-state index contributed by atoms with van der Waals surface area (Å²) in [6.07, 6.45) is 4.92. The molecule has 2 aliphatic rings. The molecule has 1 atom stereocenters. The number of amides is 2. The van der Waals surface area contributed by atoms with Crippen LogP contribution in [0.1, 0.15) is 19.3 Å². The quantitative estimate of drug-likeness (QED) is 0.692.